The van der Waals surface area contributed by atoms with Crippen molar-refractivity contribution in [1.82, 2.24) is 5.32 Å². The molecule has 2 heteroatoms. The molecule has 0 radical (unpaired) electrons. The van der Waals surface area contributed by atoms with Gasteiger partial charge >= 0.3 is 0 Å². The van der Waals surface area contributed by atoms with Crippen molar-refractivity contribution < 1.29 is 0 Å². The van der Waals surface area contributed by atoms with Crippen LogP contribution in [0.3, 0.4) is 0 Å². The zero-order valence-electron chi connectivity index (χ0n) is 11.1. The largest absolute Gasteiger partial charge is 0.316 e. The van der Waals surface area contributed by atoms with E-state index in [0.29, 0.717) is 5.92 Å². The lowest BCUT2D eigenvalue weighted by Gasteiger charge is -2.17. The van der Waals surface area contributed by atoms with Gasteiger partial charge in [-0.25, -0.2) is 0 Å². The molecule has 0 saturated carbocycles. The minimum absolute atomic E-state index is 0.679. The van der Waals surface area contributed by atoms with Crippen molar-refractivity contribution >= 4 is 11.8 Å². The Morgan fingerprint density at radius 3 is 2.59 bits per heavy atom. The summed E-state index contributed by atoms with van der Waals surface area (Å²) in [5.74, 6) is 1.97. The predicted molar refractivity (Wildman–Crippen MR) is 80.0 cm³/mol. The lowest BCUT2D eigenvalue weighted by molar-refractivity contribution is 0.539. The van der Waals surface area contributed by atoms with Crippen LogP contribution in [0.2, 0.25) is 0 Å². The Hall–Kier alpha value is -0.470. The van der Waals surface area contributed by atoms with Crippen LogP contribution in [-0.2, 0) is 0 Å². The molecule has 1 rings (SSSR count). The molecule has 17 heavy (non-hydrogen) atoms. The minimum atomic E-state index is 0.679. The van der Waals surface area contributed by atoms with Gasteiger partial charge in [0.25, 0.3) is 0 Å². The molecule has 0 fully saturated rings. The molecule has 1 N–H and O–H groups in total. The molecule has 0 aliphatic heterocycles. The Morgan fingerprint density at radius 2 is 1.94 bits per heavy atom. The average Bonchev–Trinajstić information content (AvgIpc) is 2.39. The lowest BCUT2D eigenvalue weighted by atomic mass is 9.93. The third-order valence-corrected chi connectivity index (χ3v) is 3.76. The highest BCUT2D eigenvalue weighted by molar-refractivity contribution is 7.98. The SMILES string of the molecule is CCNCC(CCCCSC)c1ccccc1. The molecule has 1 aromatic carbocycles. The summed E-state index contributed by atoms with van der Waals surface area (Å²) in [5.41, 5.74) is 1.48. The summed E-state index contributed by atoms with van der Waals surface area (Å²) < 4.78 is 0. The smallest absolute Gasteiger partial charge is 0.00200 e. The van der Waals surface area contributed by atoms with Crippen molar-refractivity contribution in [2.45, 2.75) is 32.1 Å². The molecular weight excluding hydrogens is 226 g/mol. The molecule has 1 nitrogen and oxygen atoms in total. The summed E-state index contributed by atoms with van der Waals surface area (Å²) in [4.78, 5) is 0. The number of unbranched alkanes of at least 4 members (excludes halogenated alkanes) is 1. The molecular formula is C15H25NS. The summed E-state index contributed by atoms with van der Waals surface area (Å²) in [6, 6.07) is 10.9. The molecule has 1 aromatic rings. The Morgan fingerprint density at radius 1 is 1.18 bits per heavy atom. The molecule has 0 aliphatic carbocycles. The van der Waals surface area contributed by atoms with Crippen LogP contribution in [0, 0.1) is 0 Å². The van der Waals surface area contributed by atoms with Gasteiger partial charge in [0.2, 0.25) is 0 Å². The maximum absolute atomic E-state index is 3.48. The first-order valence-electron chi connectivity index (χ1n) is 6.63. The van der Waals surface area contributed by atoms with Crippen molar-refractivity contribution in [2.75, 3.05) is 25.1 Å². The Labute approximate surface area is 110 Å². The maximum atomic E-state index is 3.48. The van der Waals surface area contributed by atoms with E-state index in [4.69, 9.17) is 0 Å². The van der Waals surface area contributed by atoms with Gasteiger partial charge in [-0.1, -0.05) is 43.7 Å². The highest BCUT2D eigenvalue weighted by Crippen LogP contribution is 2.21. The van der Waals surface area contributed by atoms with Gasteiger partial charge in [-0.15, -0.1) is 0 Å². The van der Waals surface area contributed by atoms with E-state index in [1.54, 1.807) is 0 Å². The molecule has 0 aromatic heterocycles. The number of nitrogens with one attached hydrogen (secondary N) is 1. The number of rotatable bonds is 9. The molecule has 0 bridgehead atoms. The van der Waals surface area contributed by atoms with Gasteiger partial charge in [0, 0.05) is 6.54 Å². The summed E-state index contributed by atoms with van der Waals surface area (Å²) in [6.45, 7) is 4.35. The minimum Gasteiger partial charge on any atom is -0.316 e. The molecule has 0 heterocycles. The van der Waals surface area contributed by atoms with Crippen LogP contribution in [0.5, 0.6) is 0 Å². The highest BCUT2D eigenvalue weighted by Gasteiger charge is 2.09. The number of hydrogen-bond acceptors (Lipinski definition) is 2. The summed E-state index contributed by atoms with van der Waals surface area (Å²) in [6.07, 6.45) is 6.17. The quantitative estimate of drug-likeness (QED) is 0.668. The Kier molecular flexibility index (Phi) is 8.20. The summed E-state index contributed by atoms with van der Waals surface area (Å²) in [7, 11) is 0. The first-order chi connectivity index (χ1) is 8.38. The third kappa shape index (κ3) is 6.13. The Balaban J connectivity index is 2.43. The first kappa shape index (κ1) is 14.6. The van der Waals surface area contributed by atoms with Gasteiger partial charge in [0.05, 0.1) is 0 Å². The Bertz CT molecular complexity index is 274. The third-order valence-electron chi connectivity index (χ3n) is 3.06. The topological polar surface area (TPSA) is 12.0 Å². The lowest BCUT2D eigenvalue weighted by Crippen LogP contribution is -2.21. The molecule has 1 unspecified atom stereocenters. The van der Waals surface area contributed by atoms with E-state index in [1.165, 1.54) is 30.6 Å². The van der Waals surface area contributed by atoms with Gasteiger partial charge in [-0.3, -0.25) is 0 Å². The van der Waals surface area contributed by atoms with Crippen LogP contribution in [0.1, 0.15) is 37.7 Å². The van der Waals surface area contributed by atoms with Crippen LogP contribution in [0.4, 0.5) is 0 Å². The zero-order valence-corrected chi connectivity index (χ0v) is 11.9. The van der Waals surface area contributed by atoms with Crippen molar-refractivity contribution in [1.29, 1.82) is 0 Å². The average molecular weight is 251 g/mol. The van der Waals surface area contributed by atoms with Gasteiger partial charge in [0.15, 0.2) is 0 Å². The van der Waals surface area contributed by atoms with Gasteiger partial charge in [-0.05, 0) is 42.9 Å². The van der Waals surface area contributed by atoms with E-state index in [9.17, 15) is 0 Å². The molecule has 0 amide bonds. The normalized spacial score (nSPS) is 12.6. The maximum Gasteiger partial charge on any atom is 0.00200 e. The number of hydrogen-bond donors (Lipinski definition) is 1. The fourth-order valence-corrected chi connectivity index (χ4v) is 2.56. The monoisotopic (exact) mass is 251 g/mol. The second kappa shape index (κ2) is 9.55. The van der Waals surface area contributed by atoms with Crippen molar-refractivity contribution in [3.05, 3.63) is 35.9 Å². The number of benzene rings is 1. The highest BCUT2D eigenvalue weighted by atomic mass is 32.2. The van der Waals surface area contributed by atoms with E-state index in [2.05, 4.69) is 48.8 Å². The standard InChI is InChI=1S/C15H25NS/c1-3-16-13-15(11-7-8-12-17-2)14-9-5-4-6-10-14/h4-6,9-10,15-16H,3,7-8,11-13H2,1-2H3. The zero-order chi connectivity index (χ0) is 12.3. The number of likely N-dealkylation sites (N-methyl/N-ethyl adjacent to an activating group) is 1. The second-order valence-corrected chi connectivity index (χ2v) is 5.39. The van der Waals surface area contributed by atoms with E-state index in [1.807, 2.05) is 11.8 Å². The van der Waals surface area contributed by atoms with Crippen LogP contribution in [-0.4, -0.2) is 25.1 Å². The molecule has 1 atom stereocenters. The van der Waals surface area contributed by atoms with Crippen LogP contribution in [0.15, 0.2) is 30.3 Å². The molecule has 96 valence electrons. The van der Waals surface area contributed by atoms with E-state index >= 15 is 0 Å². The molecule has 0 spiro atoms. The number of thioether (sulfide) groups is 1. The summed E-state index contributed by atoms with van der Waals surface area (Å²) in [5, 5.41) is 3.48. The van der Waals surface area contributed by atoms with Gasteiger partial charge in [0.1, 0.15) is 0 Å². The van der Waals surface area contributed by atoms with Crippen molar-refractivity contribution in [2.24, 2.45) is 0 Å². The van der Waals surface area contributed by atoms with E-state index < -0.39 is 0 Å². The van der Waals surface area contributed by atoms with E-state index in [0.717, 1.165) is 13.1 Å². The van der Waals surface area contributed by atoms with Crippen LogP contribution in [0.25, 0.3) is 0 Å². The fraction of sp³-hybridized carbons (Fsp3) is 0.600. The van der Waals surface area contributed by atoms with Crippen LogP contribution >= 0.6 is 11.8 Å². The van der Waals surface area contributed by atoms with Gasteiger partial charge in [-0.2, -0.15) is 11.8 Å². The van der Waals surface area contributed by atoms with Crippen molar-refractivity contribution in [3.63, 3.8) is 0 Å². The predicted octanol–water partition coefficient (Wildman–Crippen LogP) is 3.91. The van der Waals surface area contributed by atoms with E-state index in [-0.39, 0.29) is 0 Å². The second-order valence-electron chi connectivity index (χ2n) is 4.40. The molecule has 0 saturated heterocycles. The first-order valence-corrected chi connectivity index (χ1v) is 8.02. The van der Waals surface area contributed by atoms with Gasteiger partial charge < -0.3 is 5.32 Å². The fourth-order valence-electron chi connectivity index (χ4n) is 2.07. The van der Waals surface area contributed by atoms with Crippen molar-refractivity contribution in [3.8, 4) is 0 Å². The molecule has 0 aliphatic rings. The summed E-state index contributed by atoms with van der Waals surface area (Å²) >= 11 is 1.95. The van der Waals surface area contributed by atoms with Crippen LogP contribution < -0.4 is 5.32 Å².